The molecule has 6 nitrogen and oxygen atoms in total. The third-order valence-corrected chi connectivity index (χ3v) is 5.37. The highest BCUT2D eigenvalue weighted by atomic mass is 35.5. The third-order valence-electron chi connectivity index (χ3n) is 5.13. The highest BCUT2D eigenvalue weighted by molar-refractivity contribution is 6.31. The van der Waals surface area contributed by atoms with Gasteiger partial charge in [-0.05, 0) is 43.2 Å². The van der Waals surface area contributed by atoms with Crippen LogP contribution in [0, 0.1) is 0 Å². The zero-order valence-corrected chi connectivity index (χ0v) is 15.8. The Morgan fingerprint density at radius 2 is 2.07 bits per heavy atom. The van der Waals surface area contributed by atoms with E-state index in [4.69, 9.17) is 16.3 Å². The fraction of sp³-hybridized carbons (Fsp3) is 0.238. The second-order valence-electron chi connectivity index (χ2n) is 7.01. The zero-order valence-electron chi connectivity index (χ0n) is 15.1. The topological polar surface area (TPSA) is 82.8 Å². The van der Waals surface area contributed by atoms with Gasteiger partial charge < -0.3 is 20.0 Å². The van der Waals surface area contributed by atoms with E-state index in [1.165, 1.54) is 0 Å². The molecule has 1 unspecified atom stereocenters. The Hall–Kier alpha value is -2.83. The van der Waals surface area contributed by atoms with E-state index in [1.807, 2.05) is 36.4 Å². The summed E-state index contributed by atoms with van der Waals surface area (Å²) < 4.78 is 5.74. The van der Waals surface area contributed by atoms with Crippen LogP contribution in [0.1, 0.15) is 12.8 Å². The lowest BCUT2D eigenvalue weighted by molar-refractivity contribution is 0.120. The molecular weight excluding hydrogens is 376 g/mol. The Morgan fingerprint density at radius 3 is 2.89 bits per heavy atom. The van der Waals surface area contributed by atoms with Gasteiger partial charge in [0.25, 0.3) is 5.56 Å². The zero-order chi connectivity index (χ0) is 19.1. The van der Waals surface area contributed by atoms with Gasteiger partial charge in [0.1, 0.15) is 11.4 Å². The van der Waals surface area contributed by atoms with Crippen molar-refractivity contribution in [2.45, 2.75) is 18.9 Å². The molecule has 3 heterocycles. The van der Waals surface area contributed by atoms with Gasteiger partial charge in [-0.3, -0.25) is 4.79 Å². The number of hydrogen-bond donors (Lipinski definition) is 3. The van der Waals surface area contributed by atoms with Crippen LogP contribution < -0.4 is 10.9 Å². The quantitative estimate of drug-likeness (QED) is 0.481. The van der Waals surface area contributed by atoms with Crippen LogP contribution >= 0.6 is 11.6 Å². The summed E-state index contributed by atoms with van der Waals surface area (Å²) in [4.78, 5) is 23.8. The van der Waals surface area contributed by atoms with Gasteiger partial charge in [0, 0.05) is 23.6 Å². The summed E-state index contributed by atoms with van der Waals surface area (Å²) in [6, 6.07) is 13.2. The fourth-order valence-electron chi connectivity index (χ4n) is 3.77. The molecule has 0 radical (unpaired) electrons. The maximum atomic E-state index is 13.0. The summed E-state index contributed by atoms with van der Waals surface area (Å²) in [6.07, 6.45) is 2.21. The summed E-state index contributed by atoms with van der Waals surface area (Å²) >= 11 is 6.25. The molecule has 0 amide bonds. The van der Waals surface area contributed by atoms with Crippen molar-refractivity contribution in [3.8, 4) is 11.4 Å². The lowest BCUT2D eigenvalue weighted by atomic mass is 10.1. The van der Waals surface area contributed by atoms with Crippen LogP contribution in [0.15, 0.2) is 47.3 Å². The molecule has 1 saturated heterocycles. The predicted octanol–water partition coefficient (Wildman–Crippen LogP) is 4.32. The molecule has 0 bridgehead atoms. The van der Waals surface area contributed by atoms with E-state index in [2.05, 4.69) is 20.3 Å². The first kappa shape index (κ1) is 17.3. The van der Waals surface area contributed by atoms with Crippen LogP contribution in [0.4, 0.5) is 5.69 Å². The summed E-state index contributed by atoms with van der Waals surface area (Å²) in [5.74, 6) is 0.527. The van der Waals surface area contributed by atoms with Gasteiger partial charge in [0.2, 0.25) is 0 Å². The molecule has 5 rings (SSSR count). The van der Waals surface area contributed by atoms with Crippen molar-refractivity contribution in [3.63, 3.8) is 0 Å². The number of fused-ring (bicyclic) bond motifs is 2. The summed E-state index contributed by atoms with van der Waals surface area (Å²) in [7, 11) is 0. The molecule has 0 aliphatic carbocycles. The maximum Gasteiger partial charge on any atom is 0.261 e. The van der Waals surface area contributed by atoms with Crippen LogP contribution in [0.3, 0.4) is 0 Å². The first-order valence-electron chi connectivity index (χ1n) is 9.35. The van der Waals surface area contributed by atoms with Crippen LogP contribution in [0.5, 0.6) is 0 Å². The Bertz CT molecular complexity index is 1190. The number of H-pyrrole nitrogens is 2. The van der Waals surface area contributed by atoms with Crippen LogP contribution in [0.25, 0.3) is 33.3 Å². The number of imidazole rings is 1. The second-order valence-corrected chi connectivity index (χ2v) is 7.45. The summed E-state index contributed by atoms with van der Waals surface area (Å²) in [5, 5.41) is 4.90. The molecule has 142 valence electrons. The molecule has 2 aromatic heterocycles. The molecule has 1 atom stereocenters. The Morgan fingerprint density at radius 1 is 1.18 bits per heavy atom. The van der Waals surface area contributed by atoms with E-state index in [1.54, 1.807) is 6.07 Å². The van der Waals surface area contributed by atoms with Crippen LogP contribution in [-0.2, 0) is 4.74 Å². The highest BCUT2D eigenvalue weighted by Gasteiger charge is 2.21. The number of aromatic nitrogens is 3. The fourth-order valence-corrected chi connectivity index (χ4v) is 3.94. The SMILES string of the molecule is O=c1[nH]c2ccc(Cl)cc2c(NCC2CCCO2)c1-c1nc2ccccc2[nH]1. The molecule has 1 aliphatic heterocycles. The molecule has 7 heteroatoms. The number of para-hydroxylation sites is 2. The largest absolute Gasteiger partial charge is 0.381 e. The maximum absolute atomic E-state index is 13.0. The molecule has 3 N–H and O–H groups in total. The monoisotopic (exact) mass is 394 g/mol. The van der Waals surface area contributed by atoms with Gasteiger partial charge in [0.05, 0.1) is 28.3 Å². The third kappa shape index (κ3) is 3.04. The molecule has 4 aromatic rings. The van der Waals surface area contributed by atoms with Crippen molar-refractivity contribution in [2.75, 3.05) is 18.5 Å². The number of hydrogen-bond acceptors (Lipinski definition) is 4. The number of ether oxygens (including phenoxy) is 1. The lowest BCUT2D eigenvalue weighted by Gasteiger charge is -2.16. The van der Waals surface area contributed by atoms with E-state index in [0.717, 1.165) is 47.1 Å². The first-order chi connectivity index (χ1) is 13.7. The van der Waals surface area contributed by atoms with Crippen LogP contribution in [0.2, 0.25) is 5.02 Å². The van der Waals surface area contributed by atoms with Crippen molar-refractivity contribution in [1.29, 1.82) is 0 Å². The number of nitrogens with zero attached hydrogens (tertiary/aromatic N) is 1. The number of halogens is 1. The standard InChI is InChI=1S/C21H19ClN4O2/c22-12-7-8-15-14(10-12)19(23-11-13-4-3-9-28-13)18(21(27)26-15)20-24-16-5-1-2-6-17(16)25-20/h1-2,5-8,10,13H,3-4,9,11H2,(H,24,25)(H2,23,26,27). The second kappa shape index (κ2) is 6.96. The molecule has 2 aromatic carbocycles. The lowest BCUT2D eigenvalue weighted by Crippen LogP contribution is -2.21. The number of nitrogens with one attached hydrogen (secondary N) is 3. The van der Waals surface area contributed by atoms with Gasteiger partial charge in [-0.15, -0.1) is 0 Å². The molecule has 0 saturated carbocycles. The molecule has 0 spiro atoms. The number of aromatic amines is 2. The molecular formula is C21H19ClN4O2. The van der Waals surface area contributed by atoms with Gasteiger partial charge in [-0.2, -0.15) is 0 Å². The van der Waals surface area contributed by atoms with E-state index < -0.39 is 0 Å². The van der Waals surface area contributed by atoms with Gasteiger partial charge in [-0.1, -0.05) is 23.7 Å². The summed E-state index contributed by atoms with van der Waals surface area (Å²) in [6.45, 7) is 1.41. The highest BCUT2D eigenvalue weighted by Crippen LogP contribution is 2.32. The predicted molar refractivity (Wildman–Crippen MR) is 112 cm³/mol. The smallest absolute Gasteiger partial charge is 0.261 e. The number of rotatable bonds is 4. The Kier molecular flexibility index (Phi) is 4.30. The number of anilines is 1. The average Bonchev–Trinajstić information content (AvgIpc) is 3.35. The normalized spacial score (nSPS) is 16.8. The number of benzene rings is 2. The minimum Gasteiger partial charge on any atom is -0.381 e. The van der Waals surface area contributed by atoms with Crippen LogP contribution in [-0.4, -0.2) is 34.2 Å². The first-order valence-corrected chi connectivity index (χ1v) is 9.73. The van der Waals surface area contributed by atoms with Crippen molar-refractivity contribution in [1.82, 2.24) is 15.0 Å². The van der Waals surface area contributed by atoms with Gasteiger partial charge >= 0.3 is 0 Å². The number of pyridine rings is 1. The average molecular weight is 395 g/mol. The minimum absolute atomic E-state index is 0.136. The minimum atomic E-state index is -0.205. The Balaban J connectivity index is 1.70. The molecule has 1 fully saturated rings. The van der Waals surface area contributed by atoms with E-state index in [0.29, 0.717) is 23.0 Å². The Labute approximate surface area is 165 Å². The van der Waals surface area contributed by atoms with Gasteiger partial charge in [0.15, 0.2) is 0 Å². The van der Waals surface area contributed by atoms with E-state index >= 15 is 0 Å². The van der Waals surface area contributed by atoms with Crippen molar-refractivity contribution in [2.24, 2.45) is 0 Å². The van der Waals surface area contributed by atoms with Crippen molar-refractivity contribution < 1.29 is 4.74 Å². The van der Waals surface area contributed by atoms with Crippen molar-refractivity contribution in [3.05, 3.63) is 57.8 Å². The van der Waals surface area contributed by atoms with Gasteiger partial charge in [-0.25, -0.2) is 4.98 Å². The van der Waals surface area contributed by atoms with E-state index in [-0.39, 0.29) is 11.7 Å². The summed E-state index contributed by atoms with van der Waals surface area (Å²) in [5.41, 5.74) is 3.41. The van der Waals surface area contributed by atoms with E-state index in [9.17, 15) is 4.79 Å². The molecule has 1 aliphatic rings. The van der Waals surface area contributed by atoms with Crippen molar-refractivity contribution >= 4 is 39.2 Å². The molecule has 28 heavy (non-hydrogen) atoms.